The van der Waals surface area contributed by atoms with Gasteiger partial charge in [0.1, 0.15) is 0 Å². The molecular formula is C13H18BrN. The van der Waals surface area contributed by atoms with Crippen LogP contribution in [0.3, 0.4) is 0 Å². The summed E-state index contributed by atoms with van der Waals surface area (Å²) in [6, 6.07) is 4.51. The Bertz CT molecular complexity index is 354. The second-order valence-corrected chi connectivity index (χ2v) is 5.38. The maximum Gasteiger partial charge on any atom is 0.0180 e. The van der Waals surface area contributed by atoms with Crippen molar-refractivity contribution in [2.45, 2.75) is 32.6 Å². The summed E-state index contributed by atoms with van der Waals surface area (Å²) in [6.07, 6.45) is 2.55. The Hall–Kier alpha value is -0.340. The van der Waals surface area contributed by atoms with E-state index in [0.29, 0.717) is 0 Å². The Morgan fingerprint density at radius 2 is 1.87 bits per heavy atom. The lowest BCUT2D eigenvalue weighted by Crippen LogP contribution is -2.27. The Balaban J connectivity index is 2.33. The minimum absolute atomic E-state index is 0.752. The molecule has 0 unspecified atom stereocenters. The van der Waals surface area contributed by atoms with Gasteiger partial charge in [-0.1, -0.05) is 15.9 Å². The van der Waals surface area contributed by atoms with Crippen LogP contribution in [0.5, 0.6) is 0 Å². The fraction of sp³-hybridized carbons (Fsp3) is 0.538. The first-order valence-corrected chi connectivity index (χ1v) is 6.45. The number of aryl methyl sites for hydroxylation is 1. The summed E-state index contributed by atoms with van der Waals surface area (Å²) >= 11 is 3.60. The molecule has 0 atom stereocenters. The number of benzene rings is 1. The molecular weight excluding hydrogens is 250 g/mol. The highest BCUT2D eigenvalue weighted by atomic mass is 79.9. The van der Waals surface area contributed by atoms with Gasteiger partial charge in [-0.25, -0.2) is 0 Å². The third-order valence-electron chi connectivity index (χ3n) is 3.45. The minimum atomic E-state index is 0.752. The molecule has 82 valence electrons. The van der Waals surface area contributed by atoms with Gasteiger partial charge in [0.15, 0.2) is 0 Å². The number of rotatable bonds is 1. The summed E-state index contributed by atoms with van der Waals surface area (Å²) in [7, 11) is 0. The third kappa shape index (κ3) is 2.43. The van der Waals surface area contributed by atoms with Crippen LogP contribution in [0.15, 0.2) is 16.6 Å². The van der Waals surface area contributed by atoms with Crippen molar-refractivity contribution in [3.8, 4) is 0 Å². The van der Waals surface area contributed by atoms with Crippen molar-refractivity contribution >= 4 is 15.9 Å². The van der Waals surface area contributed by atoms with Crippen LogP contribution in [0.1, 0.15) is 35.4 Å². The summed E-state index contributed by atoms with van der Waals surface area (Å²) in [5.41, 5.74) is 4.42. The molecule has 1 heterocycles. The van der Waals surface area contributed by atoms with Crippen LogP contribution in [-0.2, 0) is 0 Å². The van der Waals surface area contributed by atoms with Crippen molar-refractivity contribution in [1.29, 1.82) is 0 Å². The van der Waals surface area contributed by atoms with E-state index in [1.165, 1.54) is 28.4 Å². The fourth-order valence-electron chi connectivity index (χ4n) is 2.40. The Morgan fingerprint density at radius 3 is 2.53 bits per heavy atom. The molecule has 1 nitrogen and oxygen atoms in total. The first kappa shape index (κ1) is 11.2. The Labute approximate surface area is 100 Å². The molecule has 1 N–H and O–H groups in total. The van der Waals surface area contributed by atoms with Gasteiger partial charge in [0, 0.05) is 4.47 Å². The van der Waals surface area contributed by atoms with E-state index in [0.717, 1.165) is 19.0 Å². The highest BCUT2D eigenvalue weighted by Gasteiger charge is 2.17. The molecule has 1 saturated heterocycles. The molecule has 2 heteroatoms. The molecule has 1 aliphatic rings. The average molecular weight is 268 g/mol. The van der Waals surface area contributed by atoms with Crippen LogP contribution in [0.4, 0.5) is 0 Å². The molecule has 0 aromatic heterocycles. The molecule has 0 saturated carbocycles. The number of nitrogens with one attached hydrogen (secondary N) is 1. The maximum absolute atomic E-state index is 3.60. The lowest BCUT2D eigenvalue weighted by Gasteiger charge is -2.25. The van der Waals surface area contributed by atoms with Crippen LogP contribution in [-0.4, -0.2) is 13.1 Å². The van der Waals surface area contributed by atoms with E-state index in [1.807, 2.05) is 0 Å². The van der Waals surface area contributed by atoms with Crippen molar-refractivity contribution in [3.05, 3.63) is 33.3 Å². The maximum atomic E-state index is 3.60. The van der Waals surface area contributed by atoms with Crippen LogP contribution < -0.4 is 5.32 Å². The van der Waals surface area contributed by atoms with Crippen LogP contribution in [0, 0.1) is 13.8 Å². The predicted molar refractivity (Wildman–Crippen MR) is 68.5 cm³/mol. The first-order chi connectivity index (χ1) is 7.18. The van der Waals surface area contributed by atoms with E-state index < -0.39 is 0 Å². The summed E-state index contributed by atoms with van der Waals surface area (Å²) in [5.74, 6) is 0.752. The monoisotopic (exact) mass is 267 g/mol. The quantitative estimate of drug-likeness (QED) is 0.821. The van der Waals surface area contributed by atoms with Crippen molar-refractivity contribution in [1.82, 2.24) is 5.32 Å². The molecule has 1 aromatic carbocycles. The van der Waals surface area contributed by atoms with Crippen LogP contribution in [0.2, 0.25) is 0 Å². The topological polar surface area (TPSA) is 12.0 Å². The van der Waals surface area contributed by atoms with Gasteiger partial charge < -0.3 is 5.32 Å². The van der Waals surface area contributed by atoms with Gasteiger partial charge >= 0.3 is 0 Å². The summed E-state index contributed by atoms with van der Waals surface area (Å²) < 4.78 is 1.22. The van der Waals surface area contributed by atoms with Gasteiger partial charge in [0.05, 0.1) is 0 Å². The lowest BCUT2D eigenvalue weighted by molar-refractivity contribution is 0.459. The van der Waals surface area contributed by atoms with E-state index in [-0.39, 0.29) is 0 Å². The Kier molecular flexibility index (Phi) is 3.47. The van der Waals surface area contributed by atoms with Crippen LogP contribution in [0.25, 0.3) is 0 Å². The smallest absolute Gasteiger partial charge is 0.0180 e. The third-order valence-corrected chi connectivity index (χ3v) is 3.91. The van der Waals surface area contributed by atoms with E-state index in [1.54, 1.807) is 5.56 Å². The zero-order valence-electron chi connectivity index (χ0n) is 9.44. The summed E-state index contributed by atoms with van der Waals surface area (Å²) in [6.45, 7) is 6.77. The van der Waals surface area contributed by atoms with E-state index in [9.17, 15) is 0 Å². The summed E-state index contributed by atoms with van der Waals surface area (Å²) in [4.78, 5) is 0. The van der Waals surface area contributed by atoms with Gasteiger partial charge in [-0.15, -0.1) is 0 Å². The highest BCUT2D eigenvalue weighted by molar-refractivity contribution is 9.10. The molecule has 1 aliphatic heterocycles. The molecule has 1 fully saturated rings. The predicted octanol–water partition coefficient (Wildman–Crippen LogP) is 3.53. The second kappa shape index (κ2) is 4.67. The molecule has 0 radical (unpaired) electrons. The highest BCUT2D eigenvalue weighted by Crippen LogP contribution is 2.31. The molecule has 15 heavy (non-hydrogen) atoms. The average Bonchev–Trinajstić information content (AvgIpc) is 2.24. The Morgan fingerprint density at radius 1 is 1.20 bits per heavy atom. The molecule has 2 rings (SSSR count). The van der Waals surface area contributed by atoms with Crippen molar-refractivity contribution in [3.63, 3.8) is 0 Å². The van der Waals surface area contributed by atoms with Gasteiger partial charge in [-0.2, -0.15) is 0 Å². The normalized spacial score (nSPS) is 18.1. The molecule has 0 aliphatic carbocycles. The first-order valence-electron chi connectivity index (χ1n) is 5.66. The molecule has 0 amide bonds. The zero-order valence-corrected chi connectivity index (χ0v) is 11.0. The largest absolute Gasteiger partial charge is 0.317 e. The van der Waals surface area contributed by atoms with Gasteiger partial charge in [0.25, 0.3) is 0 Å². The summed E-state index contributed by atoms with van der Waals surface area (Å²) in [5, 5.41) is 3.42. The molecule has 1 aromatic rings. The zero-order chi connectivity index (χ0) is 10.8. The standard InChI is InChI=1S/C13H18BrN/c1-9-7-12(14)8-13(10(9)2)11-3-5-15-6-4-11/h7-8,11,15H,3-6H2,1-2H3. The van der Waals surface area contributed by atoms with Crippen molar-refractivity contribution < 1.29 is 0 Å². The van der Waals surface area contributed by atoms with E-state index in [4.69, 9.17) is 0 Å². The minimum Gasteiger partial charge on any atom is -0.317 e. The molecule has 0 spiro atoms. The van der Waals surface area contributed by atoms with Crippen molar-refractivity contribution in [2.24, 2.45) is 0 Å². The van der Waals surface area contributed by atoms with Crippen LogP contribution >= 0.6 is 15.9 Å². The number of halogens is 1. The number of hydrogen-bond acceptors (Lipinski definition) is 1. The van der Waals surface area contributed by atoms with E-state index >= 15 is 0 Å². The van der Waals surface area contributed by atoms with Gasteiger partial charge in [-0.3, -0.25) is 0 Å². The number of piperidine rings is 1. The fourth-order valence-corrected chi connectivity index (χ4v) is 2.99. The van der Waals surface area contributed by atoms with Gasteiger partial charge in [0.2, 0.25) is 0 Å². The molecule has 0 bridgehead atoms. The SMILES string of the molecule is Cc1cc(Br)cc(C2CCNCC2)c1C. The van der Waals surface area contributed by atoms with E-state index in [2.05, 4.69) is 47.2 Å². The second-order valence-electron chi connectivity index (χ2n) is 4.46. The van der Waals surface area contributed by atoms with Crippen molar-refractivity contribution in [2.75, 3.05) is 13.1 Å². The lowest BCUT2D eigenvalue weighted by atomic mass is 9.86. The number of hydrogen-bond donors (Lipinski definition) is 1. The van der Waals surface area contributed by atoms with Gasteiger partial charge in [-0.05, 0) is 74.5 Å².